The molecule has 3 N–H and O–H groups in total. The van der Waals surface area contributed by atoms with Gasteiger partial charge in [0.2, 0.25) is 22.1 Å². The van der Waals surface area contributed by atoms with Crippen molar-refractivity contribution in [2.75, 3.05) is 35.8 Å². The van der Waals surface area contributed by atoms with Gasteiger partial charge in [-0.05, 0) is 26.0 Å². The van der Waals surface area contributed by atoms with Crippen molar-refractivity contribution in [3.8, 4) is 0 Å². The summed E-state index contributed by atoms with van der Waals surface area (Å²) in [5.41, 5.74) is 2.01. The van der Waals surface area contributed by atoms with Gasteiger partial charge in [-0.25, -0.2) is 4.68 Å². The summed E-state index contributed by atoms with van der Waals surface area (Å²) in [5, 5.41) is 11.7. The molecule has 154 valence electrons. The van der Waals surface area contributed by atoms with Crippen molar-refractivity contribution < 1.29 is 9.59 Å². The van der Waals surface area contributed by atoms with Crippen molar-refractivity contribution >= 4 is 63.8 Å². The second kappa shape index (κ2) is 9.89. The Labute approximate surface area is 179 Å². The lowest BCUT2D eigenvalue weighted by molar-refractivity contribution is -0.128. The van der Waals surface area contributed by atoms with Gasteiger partial charge in [-0.2, -0.15) is 8.75 Å². The molecule has 0 radical (unpaired) electrons. The summed E-state index contributed by atoms with van der Waals surface area (Å²) in [6, 6.07) is 5.43. The van der Waals surface area contributed by atoms with E-state index in [-0.39, 0.29) is 23.3 Å². The van der Waals surface area contributed by atoms with Crippen molar-refractivity contribution in [1.82, 2.24) is 28.5 Å². The first-order valence-corrected chi connectivity index (χ1v) is 11.5. The van der Waals surface area contributed by atoms with Crippen LogP contribution in [0.4, 0.5) is 5.69 Å². The van der Waals surface area contributed by atoms with Gasteiger partial charge in [-0.3, -0.25) is 9.59 Å². The van der Waals surface area contributed by atoms with Gasteiger partial charge in [0.1, 0.15) is 11.0 Å². The lowest BCUT2D eigenvalue weighted by Gasteiger charge is -2.17. The number of benzene rings is 1. The number of nitrogens with one attached hydrogen (secondary N) is 1. The number of hydrogen-bond donors (Lipinski definition) is 2. The topological polar surface area (TPSA) is 132 Å². The van der Waals surface area contributed by atoms with E-state index in [9.17, 15) is 9.59 Å². The highest BCUT2D eigenvalue weighted by Crippen LogP contribution is 2.23. The van der Waals surface area contributed by atoms with Crippen molar-refractivity contribution in [1.29, 1.82) is 0 Å². The number of anilines is 1. The molecule has 2 aromatic heterocycles. The minimum Gasteiger partial charge on any atom is -0.343 e. The molecule has 0 aliphatic heterocycles. The molecule has 0 bridgehead atoms. The van der Waals surface area contributed by atoms with Crippen molar-refractivity contribution in [3.63, 3.8) is 0 Å². The standard InChI is InChI=1S/C16H20N8O2S3/c1-3-23(4-2)13(26)9-28-16-20-19-15(24(16)17)27-8-12(25)18-10-6-5-7-11-14(10)22-29-21-11/h5-7H,3-4,8-9,17H2,1-2H3,(H,18,25). The molecular formula is C16H20N8O2S3. The van der Waals surface area contributed by atoms with Crippen LogP contribution in [0.2, 0.25) is 0 Å². The van der Waals surface area contributed by atoms with Gasteiger partial charge in [0.05, 0.1) is 28.9 Å². The summed E-state index contributed by atoms with van der Waals surface area (Å²) >= 11 is 3.48. The minimum absolute atomic E-state index is 0.0160. The zero-order chi connectivity index (χ0) is 20.8. The van der Waals surface area contributed by atoms with Crippen LogP contribution < -0.4 is 11.2 Å². The van der Waals surface area contributed by atoms with Crippen LogP contribution in [0.3, 0.4) is 0 Å². The molecule has 3 aromatic rings. The number of aromatic nitrogens is 5. The molecule has 2 heterocycles. The van der Waals surface area contributed by atoms with Crippen LogP contribution in [0.5, 0.6) is 0 Å². The molecule has 2 amide bonds. The number of fused-ring (bicyclic) bond motifs is 1. The monoisotopic (exact) mass is 452 g/mol. The molecule has 0 saturated carbocycles. The van der Waals surface area contributed by atoms with E-state index in [0.29, 0.717) is 34.6 Å². The van der Waals surface area contributed by atoms with Gasteiger partial charge in [0, 0.05) is 13.1 Å². The van der Waals surface area contributed by atoms with Gasteiger partial charge in [0.25, 0.3) is 0 Å². The van der Waals surface area contributed by atoms with Gasteiger partial charge < -0.3 is 16.1 Å². The number of nitrogens with zero attached hydrogens (tertiary/aromatic N) is 6. The average molecular weight is 453 g/mol. The Hall–Kier alpha value is -2.38. The number of nitrogens with two attached hydrogens (primary N) is 1. The summed E-state index contributed by atoms with van der Waals surface area (Å²) in [6.07, 6.45) is 0. The second-order valence-electron chi connectivity index (χ2n) is 5.76. The van der Waals surface area contributed by atoms with Crippen LogP contribution in [0.1, 0.15) is 13.8 Å². The largest absolute Gasteiger partial charge is 0.343 e. The molecule has 29 heavy (non-hydrogen) atoms. The highest BCUT2D eigenvalue weighted by atomic mass is 32.2. The number of amides is 2. The number of rotatable bonds is 9. The smallest absolute Gasteiger partial charge is 0.234 e. The molecular weight excluding hydrogens is 432 g/mol. The highest BCUT2D eigenvalue weighted by Gasteiger charge is 2.16. The quantitative estimate of drug-likeness (QED) is 0.367. The lowest BCUT2D eigenvalue weighted by atomic mass is 10.2. The molecule has 0 spiro atoms. The van der Waals surface area contributed by atoms with Crippen LogP contribution >= 0.6 is 35.3 Å². The Bertz CT molecular complexity index is 1000. The van der Waals surface area contributed by atoms with E-state index < -0.39 is 0 Å². The maximum absolute atomic E-state index is 12.3. The molecule has 3 rings (SSSR count). The Morgan fingerprint density at radius 2 is 1.83 bits per heavy atom. The Morgan fingerprint density at radius 1 is 1.14 bits per heavy atom. The first kappa shape index (κ1) is 21.3. The Kier molecular flexibility index (Phi) is 7.28. The summed E-state index contributed by atoms with van der Waals surface area (Å²) in [6.45, 7) is 5.18. The molecule has 10 nitrogen and oxygen atoms in total. The molecule has 0 fully saturated rings. The van der Waals surface area contributed by atoms with E-state index in [4.69, 9.17) is 5.84 Å². The minimum atomic E-state index is -0.218. The first-order valence-electron chi connectivity index (χ1n) is 8.78. The molecule has 13 heteroatoms. The normalized spacial score (nSPS) is 11.0. The molecule has 0 atom stereocenters. The Morgan fingerprint density at radius 3 is 2.52 bits per heavy atom. The predicted octanol–water partition coefficient (Wildman–Crippen LogP) is 1.69. The maximum Gasteiger partial charge on any atom is 0.234 e. The fourth-order valence-corrected chi connectivity index (χ4v) is 4.50. The van der Waals surface area contributed by atoms with E-state index >= 15 is 0 Å². The SMILES string of the molecule is CCN(CC)C(=O)CSc1nnc(SCC(=O)Nc2cccc3nsnc23)n1N. The average Bonchev–Trinajstić information content (AvgIpc) is 3.33. The van der Waals surface area contributed by atoms with E-state index in [1.165, 1.54) is 16.4 Å². The van der Waals surface area contributed by atoms with Crippen LogP contribution in [0.25, 0.3) is 11.0 Å². The molecule has 0 unspecified atom stereocenters. The van der Waals surface area contributed by atoms with Crippen LogP contribution in [-0.4, -0.2) is 64.9 Å². The van der Waals surface area contributed by atoms with Gasteiger partial charge >= 0.3 is 0 Å². The number of carbonyl (C=O) groups excluding carboxylic acids is 2. The zero-order valence-corrected chi connectivity index (χ0v) is 18.3. The zero-order valence-electron chi connectivity index (χ0n) is 15.9. The van der Waals surface area contributed by atoms with Crippen molar-refractivity contribution in [2.24, 2.45) is 0 Å². The summed E-state index contributed by atoms with van der Waals surface area (Å²) in [5.74, 6) is 6.14. The highest BCUT2D eigenvalue weighted by molar-refractivity contribution is 8.00. The van der Waals surface area contributed by atoms with Gasteiger partial charge in [0.15, 0.2) is 0 Å². The Balaban J connectivity index is 1.54. The predicted molar refractivity (Wildman–Crippen MR) is 116 cm³/mol. The van der Waals surface area contributed by atoms with Crippen LogP contribution in [0, 0.1) is 0 Å². The van der Waals surface area contributed by atoms with Crippen LogP contribution in [-0.2, 0) is 9.59 Å². The summed E-state index contributed by atoms with van der Waals surface area (Å²) in [4.78, 5) is 26.1. The molecule has 1 aromatic carbocycles. The third-order valence-corrected chi connectivity index (χ3v) is 6.38. The van der Waals surface area contributed by atoms with Crippen molar-refractivity contribution in [2.45, 2.75) is 24.2 Å². The maximum atomic E-state index is 12.3. The number of hydrogen-bond acceptors (Lipinski definition) is 10. The molecule has 0 aliphatic rings. The molecule has 0 aliphatic carbocycles. The fourth-order valence-electron chi connectivity index (χ4n) is 2.48. The number of thioether (sulfide) groups is 2. The van der Waals surface area contributed by atoms with E-state index in [0.717, 1.165) is 29.0 Å². The first-order chi connectivity index (χ1) is 14.0. The number of nitrogen functional groups attached to an aromatic ring is 1. The van der Waals surface area contributed by atoms with Crippen molar-refractivity contribution in [3.05, 3.63) is 18.2 Å². The third kappa shape index (κ3) is 5.16. The lowest BCUT2D eigenvalue weighted by Crippen LogP contribution is -2.32. The fraction of sp³-hybridized carbons (Fsp3) is 0.375. The van der Waals surface area contributed by atoms with Crippen LogP contribution in [0.15, 0.2) is 28.5 Å². The van der Waals surface area contributed by atoms with Gasteiger partial charge in [-0.1, -0.05) is 29.6 Å². The molecule has 0 saturated heterocycles. The number of carbonyl (C=O) groups is 2. The summed E-state index contributed by atoms with van der Waals surface area (Å²) in [7, 11) is 0. The van der Waals surface area contributed by atoms with Gasteiger partial charge in [-0.15, -0.1) is 10.2 Å². The van der Waals surface area contributed by atoms with E-state index in [1.807, 2.05) is 26.0 Å². The van der Waals surface area contributed by atoms with E-state index in [2.05, 4.69) is 24.3 Å². The third-order valence-electron chi connectivity index (χ3n) is 3.97. The second-order valence-corrected chi connectivity index (χ2v) is 8.18. The van der Waals surface area contributed by atoms with E-state index in [1.54, 1.807) is 11.0 Å². The summed E-state index contributed by atoms with van der Waals surface area (Å²) < 4.78 is 9.64.